The Morgan fingerprint density at radius 2 is 1.62 bits per heavy atom. The van der Waals surface area contributed by atoms with Crippen LogP contribution in [0.3, 0.4) is 0 Å². The predicted octanol–water partition coefficient (Wildman–Crippen LogP) is 5.40. The van der Waals surface area contributed by atoms with Crippen LogP contribution in [0.5, 0.6) is 11.5 Å². The van der Waals surface area contributed by atoms with Gasteiger partial charge in [-0.05, 0) is 65.5 Å². The van der Waals surface area contributed by atoms with Gasteiger partial charge in [0.2, 0.25) is 0 Å². The molecule has 1 saturated carbocycles. The van der Waals surface area contributed by atoms with Crippen molar-refractivity contribution in [2.45, 2.75) is 95.9 Å². The Morgan fingerprint density at radius 1 is 0.973 bits per heavy atom. The van der Waals surface area contributed by atoms with Gasteiger partial charge in [-0.2, -0.15) is 5.06 Å². The van der Waals surface area contributed by atoms with Crippen LogP contribution in [0.25, 0.3) is 0 Å². The monoisotopic (exact) mass is 508 g/mol. The summed E-state index contributed by atoms with van der Waals surface area (Å²) in [6, 6.07) is 13.3. The maximum absolute atomic E-state index is 12.8. The topological polar surface area (TPSA) is 88.1 Å². The summed E-state index contributed by atoms with van der Waals surface area (Å²) in [7, 11) is 0. The van der Waals surface area contributed by atoms with Gasteiger partial charge in [0.25, 0.3) is 5.91 Å². The minimum absolute atomic E-state index is 0.00780. The number of ether oxygens (including phenoxy) is 1. The maximum atomic E-state index is 12.8. The lowest BCUT2D eigenvalue weighted by Crippen LogP contribution is -2.65. The van der Waals surface area contributed by atoms with Crippen LogP contribution < -0.4 is 10.1 Å². The highest BCUT2D eigenvalue weighted by Gasteiger charge is 2.47. The van der Waals surface area contributed by atoms with Crippen LogP contribution >= 0.6 is 0 Å². The summed E-state index contributed by atoms with van der Waals surface area (Å²) in [6.45, 7) is 8.52. The first kappa shape index (κ1) is 27.1. The molecule has 7 nitrogen and oxygen atoms in total. The number of hydrogen-bond donors (Lipinski definition) is 2. The normalized spacial score (nSPS) is 20.3. The summed E-state index contributed by atoms with van der Waals surface area (Å²) in [5.74, 6) is -0.345. The number of ketones is 1. The van der Waals surface area contributed by atoms with E-state index in [1.165, 1.54) is 31.4 Å². The molecule has 1 aliphatic heterocycles. The molecule has 2 N–H and O–H groups in total. The van der Waals surface area contributed by atoms with Crippen LogP contribution in [0.4, 0.5) is 0 Å². The molecule has 2 aromatic rings. The number of amides is 1. The number of nitrogens with zero attached hydrogens (tertiary/aromatic N) is 1. The van der Waals surface area contributed by atoms with Gasteiger partial charge >= 0.3 is 0 Å². The molecule has 0 bridgehead atoms. The average molecular weight is 509 g/mol. The van der Waals surface area contributed by atoms with E-state index >= 15 is 0 Å². The van der Waals surface area contributed by atoms with Gasteiger partial charge in [-0.1, -0.05) is 49.6 Å². The van der Waals surface area contributed by atoms with Crippen LogP contribution in [0.1, 0.15) is 88.6 Å². The molecule has 0 spiro atoms. The van der Waals surface area contributed by atoms with Gasteiger partial charge in [-0.25, -0.2) is 0 Å². The quantitative estimate of drug-likeness (QED) is 0.464. The lowest BCUT2D eigenvalue weighted by atomic mass is 9.79. The van der Waals surface area contributed by atoms with Crippen molar-refractivity contribution >= 4 is 11.7 Å². The molecule has 4 rings (SSSR count). The molecular formula is C30H40N2O5. The van der Waals surface area contributed by atoms with E-state index < -0.39 is 0 Å². The molecule has 37 heavy (non-hydrogen) atoms. The maximum Gasteiger partial charge on any atom is 0.258 e. The van der Waals surface area contributed by atoms with Crippen molar-refractivity contribution in [2.75, 3.05) is 6.61 Å². The summed E-state index contributed by atoms with van der Waals surface area (Å²) in [4.78, 5) is 31.9. The Balaban J connectivity index is 1.31. The number of hydroxylamine groups is 2. The fraction of sp³-hybridized carbons (Fsp3) is 0.533. The molecule has 0 radical (unpaired) electrons. The van der Waals surface area contributed by atoms with Crippen LogP contribution in [0.15, 0.2) is 48.5 Å². The van der Waals surface area contributed by atoms with Gasteiger partial charge < -0.3 is 15.2 Å². The minimum Gasteiger partial charge on any atom is -0.507 e. The van der Waals surface area contributed by atoms with Gasteiger partial charge in [-0.15, -0.1) is 0 Å². The number of carbonyl (C=O) groups excluding carboxylic acids is 2. The molecule has 0 atom stereocenters. The molecule has 7 heteroatoms. The highest BCUT2D eigenvalue weighted by Crippen LogP contribution is 2.40. The van der Waals surface area contributed by atoms with Gasteiger partial charge in [0.1, 0.15) is 11.5 Å². The molecule has 1 aliphatic carbocycles. The smallest absolute Gasteiger partial charge is 0.258 e. The minimum atomic E-state index is -0.272. The highest BCUT2D eigenvalue weighted by atomic mass is 16.7. The Bertz CT molecular complexity index is 1070. The number of rotatable bonds is 8. The number of benzene rings is 2. The largest absolute Gasteiger partial charge is 0.507 e. The molecule has 1 amide bonds. The van der Waals surface area contributed by atoms with Crippen molar-refractivity contribution in [1.29, 1.82) is 0 Å². The summed E-state index contributed by atoms with van der Waals surface area (Å²) in [6.07, 6.45) is 7.77. The molecule has 2 aliphatic rings. The first-order valence-electron chi connectivity index (χ1n) is 13.4. The summed E-state index contributed by atoms with van der Waals surface area (Å²) < 4.78 is 5.64. The highest BCUT2D eigenvalue weighted by molar-refractivity contribution is 6.10. The number of nitrogens with one attached hydrogen (secondary N) is 1. The van der Waals surface area contributed by atoms with Gasteiger partial charge in [0, 0.05) is 28.7 Å². The summed E-state index contributed by atoms with van der Waals surface area (Å²) >= 11 is 0. The molecule has 0 aromatic heterocycles. The van der Waals surface area contributed by atoms with E-state index in [0.717, 1.165) is 25.7 Å². The van der Waals surface area contributed by atoms with E-state index in [9.17, 15) is 14.7 Å². The van der Waals surface area contributed by atoms with E-state index in [2.05, 4.69) is 38.1 Å². The molecule has 2 fully saturated rings. The van der Waals surface area contributed by atoms with E-state index in [1.54, 1.807) is 30.3 Å². The van der Waals surface area contributed by atoms with E-state index in [4.69, 9.17) is 9.57 Å². The van der Waals surface area contributed by atoms with Crippen LogP contribution in [-0.2, 0) is 9.63 Å². The van der Waals surface area contributed by atoms with E-state index in [0.29, 0.717) is 11.3 Å². The van der Waals surface area contributed by atoms with Crippen molar-refractivity contribution < 1.29 is 24.3 Å². The fourth-order valence-electron chi connectivity index (χ4n) is 5.93. The zero-order valence-electron chi connectivity index (χ0n) is 22.5. The molecule has 0 unspecified atom stereocenters. The van der Waals surface area contributed by atoms with Gasteiger partial charge in [0.05, 0.1) is 11.7 Å². The fourth-order valence-corrected chi connectivity index (χ4v) is 5.93. The summed E-state index contributed by atoms with van der Waals surface area (Å²) in [5.41, 5.74) is 0.220. The zero-order chi connectivity index (χ0) is 26.6. The second-order valence-electron chi connectivity index (χ2n) is 11.6. The number of piperidine rings is 1. The number of carbonyl (C=O) groups is 2. The SMILES string of the molecule is CC1(C)CC(NC(=O)COc2ccc(C(=O)c3ccccc3)c(O)c2)CC(C)(C)N1OC1CCCCC1. The van der Waals surface area contributed by atoms with E-state index in [-0.39, 0.29) is 52.8 Å². The third kappa shape index (κ3) is 6.70. The predicted molar refractivity (Wildman–Crippen MR) is 143 cm³/mol. The van der Waals surface area contributed by atoms with Crippen LogP contribution in [0.2, 0.25) is 0 Å². The molecule has 2 aromatic carbocycles. The van der Waals surface area contributed by atoms with Crippen molar-refractivity contribution in [3.05, 3.63) is 59.7 Å². The van der Waals surface area contributed by atoms with Crippen molar-refractivity contribution in [2.24, 2.45) is 0 Å². The third-order valence-corrected chi connectivity index (χ3v) is 7.38. The Hall–Kier alpha value is -2.90. The second kappa shape index (κ2) is 11.2. The Kier molecular flexibility index (Phi) is 8.24. The number of phenolic OH excluding ortho intramolecular Hbond substituents is 1. The van der Waals surface area contributed by atoms with Crippen molar-refractivity contribution in [3.8, 4) is 11.5 Å². The number of phenols is 1. The lowest BCUT2D eigenvalue weighted by Gasteiger charge is -2.55. The van der Waals surface area contributed by atoms with Gasteiger partial charge in [-0.3, -0.25) is 14.4 Å². The molecule has 200 valence electrons. The van der Waals surface area contributed by atoms with Crippen LogP contribution in [0, 0.1) is 0 Å². The first-order chi connectivity index (χ1) is 17.5. The molecule has 1 heterocycles. The average Bonchev–Trinajstić information content (AvgIpc) is 2.85. The first-order valence-corrected chi connectivity index (χ1v) is 13.4. The van der Waals surface area contributed by atoms with Crippen molar-refractivity contribution in [3.63, 3.8) is 0 Å². The summed E-state index contributed by atoms with van der Waals surface area (Å²) in [5, 5.41) is 15.7. The third-order valence-electron chi connectivity index (χ3n) is 7.38. The molecular weight excluding hydrogens is 468 g/mol. The number of hydrogen-bond acceptors (Lipinski definition) is 6. The van der Waals surface area contributed by atoms with E-state index in [1.807, 2.05) is 6.07 Å². The standard InChI is InChI=1S/C30H40N2O5/c1-29(2)18-22(19-30(3,4)32(29)37-23-13-9-6-10-14-23)31-27(34)20-36-24-15-16-25(26(33)17-24)28(35)21-11-7-5-8-12-21/h5,7-8,11-12,15-17,22-23,33H,6,9-10,13-14,18-20H2,1-4H3,(H,31,34). The number of aromatic hydroxyl groups is 1. The second-order valence-corrected chi connectivity index (χ2v) is 11.6. The zero-order valence-corrected chi connectivity index (χ0v) is 22.5. The van der Waals surface area contributed by atoms with Crippen molar-refractivity contribution in [1.82, 2.24) is 10.4 Å². The lowest BCUT2D eigenvalue weighted by molar-refractivity contribution is -0.310. The molecule has 1 saturated heterocycles. The van der Waals surface area contributed by atoms with Crippen LogP contribution in [-0.4, -0.2) is 51.7 Å². The Labute approximate surface area is 220 Å². The van der Waals surface area contributed by atoms with Gasteiger partial charge in [0.15, 0.2) is 12.4 Å². The Morgan fingerprint density at radius 3 is 2.24 bits per heavy atom.